The van der Waals surface area contributed by atoms with Crippen LogP contribution in [0.1, 0.15) is 51.0 Å². The van der Waals surface area contributed by atoms with Crippen LogP contribution in [0.4, 0.5) is 10.1 Å². The highest BCUT2D eigenvalue weighted by molar-refractivity contribution is 6.00. The molecule has 1 heterocycles. The van der Waals surface area contributed by atoms with Gasteiger partial charge in [-0.25, -0.2) is 4.39 Å². The summed E-state index contributed by atoms with van der Waals surface area (Å²) in [5.74, 6) is -0.122. The highest BCUT2D eigenvalue weighted by Gasteiger charge is 2.29. The third kappa shape index (κ3) is 3.77. The summed E-state index contributed by atoms with van der Waals surface area (Å²) in [7, 11) is 0. The lowest BCUT2D eigenvalue weighted by atomic mass is 9.87. The Morgan fingerprint density at radius 1 is 1.29 bits per heavy atom. The van der Waals surface area contributed by atoms with Crippen molar-refractivity contribution in [2.45, 2.75) is 57.9 Å². The Bertz CT molecular complexity index is 626. The number of fused-ring (bicyclic) bond motifs is 1. The van der Waals surface area contributed by atoms with Crippen LogP contribution in [-0.4, -0.2) is 24.4 Å². The predicted octanol–water partition coefficient (Wildman–Crippen LogP) is 3.19. The van der Waals surface area contributed by atoms with Crippen LogP contribution in [0.3, 0.4) is 0 Å². The van der Waals surface area contributed by atoms with Gasteiger partial charge in [-0.2, -0.15) is 0 Å². The third-order valence-corrected chi connectivity index (χ3v) is 5.16. The molecule has 5 heteroatoms. The molecule has 2 amide bonds. The molecule has 3 rings (SSSR count). The SMILES string of the molecule is CC(NC(=O)CC1CCCCC1)C(=O)N1CCc2ccc(F)cc21. The van der Waals surface area contributed by atoms with Crippen molar-refractivity contribution in [3.8, 4) is 0 Å². The third-order valence-electron chi connectivity index (χ3n) is 5.16. The molecule has 1 aromatic rings. The van der Waals surface area contributed by atoms with Gasteiger partial charge in [0.05, 0.1) is 0 Å². The van der Waals surface area contributed by atoms with Gasteiger partial charge in [0.25, 0.3) is 0 Å². The zero-order valence-corrected chi connectivity index (χ0v) is 14.2. The van der Waals surface area contributed by atoms with Gasteiger partial charge in [-0.05, 0) is 49.8 Å². The first-order chi connectivity index (χ1) is 11.5. The van der Waals surface area contributed by atoms with E-state index in [2.05, 4.69) is 5.32 Å². The molecule has 1 N–H and O–H groups in total. The van der Waals surface area contributed by atoms with E-state index < -0.39 is 6.04 Å². The minimum absolute atomic E-state index is 0.0542. The molecule has 1 aliphatic carbocycles. The smallest absolute Gasteiger partial charge is 0.249 e. The Kier molecular flexibility index (Phi) is 5.17. The number of amides is 2. The summed E-state index contributed by atoms with van der Waals surface area (Å²) >= 11 is 0. The number of hydrogen-bond acceptors (Lipinski definition) is 2. The Hall–Kier alpha value is -1.91. The second kappa shape index (κ2) is 7.32. The van der Waals surface area contributed by atoms with Crippen LogP contribution >= 0.6 is 0 Å². The molecule has 1 aromatic carbocycles. The summed E-state index contributed by atoms with van der Waals surface area (Å²) in [6.45, 7) is 2.25. The van der Waals surface area contributed by atoms with Crippen LogP contribution in [0.25, 0.3) is 0 Å². The summed E-state index contributed by atoms with van der Waals surface area (Å²) < 4.78 is 13.5. The van der Waals surface area contributed by atoms with Gasteiger partial charge in [0, 0.05) is 18.7 Å². The maximum Gasteiger partial charge on any atom is 0.249 e. The summed E-state index contributed by atoms with van der Waals surface area (Å²) in [6, 6.07) is 3.96. The minimum Gasteiger partial charge on any atom is -0.345 e. The quantitative estimate of drug-likeness (QED) is 0.920. The molecule has 24 heavy (non-hydrogen) atoms. The van der Waals surface area contributed by atoms with E-state index in [1.807, 2.05) is 0 Å². The standard InChI is InChI=1S/C19H25FN2O2/c1-13(21-18(23)11-14-5-3-2-4-6-14)19(24)22-10-9-15-7-8-16(20)12-17(15)22/h7-8,12-14H,2-6,9-11H2,1H3,(H,21,23). The lowest BCUT2D eigenvalue weighted by Gasteiger charge is -2.24. The molecule has 2 aliphatic rings. The van der Waals surface area contributed by atoms with Crippen molar-refractivity contribution in [3.05, 3.63) is 29.6 Å². The predicted molar refractivity (Wildman–Crippen MR) is 91.3 cm³/mol. The number of halogens is 1. The van der Waals surface area contributed by atoms with E-state index in [1.54, 1.807) is 17.9 Å². The molecule has 1 saturated carbocycles. The Labute approximate surface area is 142 Å². The van der Waals surface area contributed by atoms with Gasteiger partial charge in [-0.15, -0.1) is 0 Å². The topological polar surface area (TPSA) is 49.4 Å². The van der Waals surface area contributed by atoms with Crippen molar-refractivity contribution < 1.29 is 14.0 Å². The monoisotopic (exact) mass is 332 g/mol. The number of hydrogen-bond donors (Lipinski definition) is 1. The fourth-order valence-electron chi connectivity index (χ4n) is 3.83. The van der Waals surface area contributed by atoms with E-state index >= 15 is 0 Å². The zero-order chi connectivity index (χ0) is 17.1. The van der Waals surface area contributed by atoms with E-state index in [0.717, 1.165) is 24.8 Å². The van der Waals surface area contributed by atoms with Gasteiger partial charge < -0.3 is 10.2 Å². The van der Waals surface area contributed by atoms with Crippen molar-refractivity contribution in [3.63, 3.8) is 0 Å². The Morgan fingerprint density at radius 2 is 2.04 bits per heavy atom. The molecular formula is C19H25FN2O2. The van der Waals surface area contributed by atoms with Gasteiger partial charge >= 0.3 is 0 Å². The van der Waals surface area contributed by atoms with Crippen LogP contribution in [0.15, 0.2) is 18.2 Å². The van der Waals surface area contributed by atoms with Crippen molar-refractivity contribution in [1.29, 1.82) is 0 Å². The lowest BCUT2D eigenvalue weighted by molar-refractivity contribution is -0.127. The van der Waals surface area contributed by atoms with Crippen LogP contribution in [0.5, 0.6) is 0 Å². The van der Waals surface area contributed by atoms with Gasteiger partial charge in [-0.3, -0.25) is 9.59 Å². The number of rotatable bonds is 4. The molecule has 0 aromatic heterocycles. The van der Waals surface area contributed by atoms with Crippen LogP contribution in [0.2, 0.25) is 0 Å². The Balaban J connectivity index is 1.57. The fourth-order valence-corrected chi connectivity index (χ4v) is 3.83. The number of anilines is 1. The molecule has 0 bridgehead atoms. The van der Waals surface area contributed by atoms with Crippen molar-refractivity contribution in [2.75, 3.05) is 11.4 Å². The number of nitrogens with one attached hydrogen (secondary N) is 1. The van der Waals surface area contributed by atoms with E-state index in [4.69, 9.17) is 0 Å². The molecular weight excluding hydrogens is 307 g/mol. The largest absolute Gasteiger partial charge is 0.345 e. The summed E-state index contributed by atoms with van der Waals surface area (Å²) in [5, 5.41) is 2.83. The van der Waals surface area contributed by atoms with Crippen molar-refractivity contribution in [1.82, 2.24) is 5.32 Å². The normalized spacial score (nSPS) is 19.0. The first-order valence-electron chi connectivity index (χ1n) is 8.94. The maximum atomic E-state index is 13.5. The fraction of sp³-hybridized carbons (Fsp3) is 0.579. The van der Waals surface area contributed by atoms with E-state index in [0.29, 0.717) is 24.6 Å². The number of nitrogens with zero attached hydrogens (tertiary/aromatic N) is 1. The highest BCUT2D eigenvalue weighted by atomic mass is 19.1. The van der Waals surface area contributed by atoms with Gasteiger partial charge in [0.1, 0.15) is 11.9 Å². The molecule has 1 atom stereocenters. The number of carbonyl (C=O) groups excluding carboxylic acids is 2. The zero-order valence-electron chi connectivity index (χ0n) is 14.2. The average Bonchev–Trinajstić information content (AvgIpc) is 2.97. The summed E-state index contributed by atoms with van der Waals surface area (Å²) in [4.78, 5) is 26.4. The van der Waals surface area contributed by atoms with E-state index in [1.165, 1.54) is 31.4 Å². The summed E-state index contributed by atoms with van der Waals surface area (Å²) in [6.07, 6.45) is 7.10. The molecule has 1 unspecified atom stereocenters. The highest BCUT2D eigenvalue weighted by Crippen LogP contribution is 2.29. The molecule has 0 saturated heterocycles. The molecule has 4 nitrogen and oxygen atoms in total. The Morgan fingerprint density at radius 3 is 2.79 bits per heavy atom. The van der Waals surface area contributed by atoms with Crippen molar-refractivity contribution >= 4 is 17.5 Å². The second-order valence-electron chi connectivity index (χ2n) is 7.01. The number of carbonyl (C=O) groups is 2. The molecule has 0 radical (unpaired) electrons. The minimum atomic E-state index is -0.588. The van der Waals surface area contributed by atoms with Crippen LogP contribution < -0.4 is 10.2 Å². The van der Waals surface area contributed by atoms with Gasteiger partial charge in [0.2, 0.25) is 11.8 Å². The average molecular weight is 332 g/mol. The molecule has 1 aliphatic heterocycles. The van der Waals surface area contributed by atoms with Gasteiger partial charge in [-0.1, -0.05) is 25.3 Å². The summed E-state index contributed by atoms with van der Waals surface area (Å²) in [5.41, 5.74) is 1.61. The second-order valence-corrected chi connectivity index (χ2v) is 7.01. The number of benzene rings is 1. The first kappa shape index (κ1) is 16.9. The first-order valence-corrected chi connectivity index (χ1v) is 8.94. The van der Waals surface area contributed by atoms with Crippen LogP contribution in [0, 0.1) is 11.7 Å². The lowest BCUT2D eigenvalue weighted by Crippen LogP contribution is -2.47. The molecule has 1 fully saturated rings. The van der Waals surface area contributed by atoms with E-state index in [9.17, 15) is 14.0 Å². The van der Waals surface area contributed by atoms with Crippen LogP contribution in [-0.2, 0) is 16.0 Å². The van der Waals surface area contributed by atoms with Crippen molar-refractivity contribution in [2.24, 2.45) is 5.92 Å². The molecule has 0 spiro atoms. The maximum absolute atomic E-state index is 13.5. The van der Waals surface area contributed by atoms with E-state index in [-0.39, 0.29) is 17.6 Å². The molecule has 130 valence electrons. The van der Waals surface area contributed by atoms with Gasteiger partial charge in [0.15, 0.2) is 0 Å².